The zero-order chi connectivity index (χ0) is 12.0. The van der Waals surface area contributed by atoms with Gasteiger partial charge in [-0.15, -0.1) is 0 Å². The van der Waals surface area contributed by atoms with E-state index in [-0.39, 0.29) is 5.91 Å². The van der Waals surface area contributed by atoms with Gasteiger partial charge in [-0.25, -0.2) is 0 Å². The van der Waals surface area contributed by atoms with Gasteiger partial charge in [0.05, 0.1) is 0 Å². The number of hydrogen-bond acceptors (Lipinski definition) is 2. The first-order valence-electron chi connectivity index (χ1n) is 5.43. The van der Waals surface area contributed by atoms with E-state index in [9.17, 15) is 4.79 Å². The Bertz CT molecular complexity index is 327. The van der Waals surface area contributed by atoms with E-state index in [0.717, 1.165) is 6.42 Å². The Morgan fingerprint density at radius 2 is 2.25 bits per heavy atom. The molecule has 0 aliphatic heterocycles. The number of alkyl halides is 1. The molecule has 16 heavy (non-hydrogen) atoms. The first-order valence-corrected chi connectivity index (χ1v) is 6.34. The summed E-state index contributed by atoms with van der Waals surface area (Å²) in [6.45, 7) is 4.96. The van der Waals surface area contributed by atoms with E-state index in [4.69, 9.17) is 0 Å². The maximum Gasteiger partial charge on any atom is 0.269 e. The fourth-order valence-electron chi connectivity index (χ4n) is 1.39. The number of aromatic nitrogens is 1. The van der Waals surface area contributed by atoms with Crippen molar-refractivity contribution in [2.75, 3.05) is 6.54 Å². The average Bonchev–Trinajstić information content (AvgIpc) is 2.26. The number of amides is 1. The first kappa shape index (κ1) is 13.2. The summed E-state index contributed by atoms with van der Waals surface area (Å²) >= 11 is 3.54. The van der Waals surface area contributed by atoms with E-state index in [1.807, 2.05) is 6.07 Å². The van der Waals surface area contributed by atoms with Gasteiger partial charge in [0.15, 0.2) is 0 Å². The van der Waals surface area contributed by atoms with E-state index in [2.05, 4.69) is 40.1 Å². The molecule has 1 heterocycles. The third-order valence-corrected chi connectivity index (χ3v) is 2.81. The smallest absolute Gasteiger partial charge is 0.269 e. The van der Waals surface area contributed by atoms with Crippen molar-refractivity contribution in [3.8, 4) is 0 Å². The molecular weight excluding hydrogens is 268 g/mol. The van der Waals surface area contributed by atoms with Crippen molar-refractivity contribution in [3.63, 3.8) is 0 Å². The number of rotatable bonds is 5. The van der Waals surface area contributed by atoms with Gasteiger partial charge in [-0.05, 0) is 24.5 Å². The summed E-state index contributed by atoms with van der Waals surface area (Å²) in [6, 6.07) is 5.31. The Hall–Kier alpha value is -0.900. The minimum atomic E-state index is -0.117. The molecule has 0 spiro atoms. The molecule has 0 aliphatic carbocycles. The summed E-state index contributed by atoms with van der Waals surface area (Å²) in [6.07, 6.45) is 2.66. The average molecular weight is 285 g/mol. The highest BCUT2D eigenvalue weighted by Gasteiger charge is 2.10. The minimum Gasteiger partial charge on any atom is -0.350 e. The van der Waals surface area contributed by atoms with Crippen LogP contribution in [0.3, 0.4) is 0 Å². The SMILES string of the molecule is CC(C)CC(Br)CNC(=O)c1ccccn1. The van der Waals surface area contributed by atoms with Crippen molar-refractivity contribution < 1.29 is 4.79 Å². The number of nitrogens with zero attached hydrogens (tertiary/aromatic N) is 1. The molecule has 0 saturated heterocycles. The standard InChI is InChI=1S/C12H17BrN2O/c1-9(2)7-10(13)8-15-12(16)11-5-3-4-6-14-11/h3-6,9-10H,7-8H2,1-2H3,(H,15,16). The highest BCUT2D eigenvalue weighted by molar-refractivity contribution is 9.09. The second-order valence-electron chi connectivity index (χ2n) is 4.15. The molecule has 1 aromatic heterocycles. The Morgan fingerprint density at radius 3 is 2.81 bits per heavy atom. The van der Waals surface area contributed by atoms with Crippen molar-refractivity contribution in [1.82, 2.24) is 10.3 Å². The topological polar surface area (TPSA) is 42.0 Å². The maximum absolute atomic E-state index is 11.6. The lowest BCUT2D eigenvalue weighted by molar-refractivity contribution is 0.0948. The maximum atomic E-state index is 11.6. The fourth-order valence-corrected chi connectivity index (χ4v) is 2.30. The lowest BCUT2D eigenvalue weighted by Crippen LogP contribution is -2.30. The summed E-state index contributed by atoms with van der Waals surface area (Å²) in [5.74, 6) is 0.505. The molecule has 1 rings (SSSR count). The molecule has 1 N–H and O–H groups in total. The molecule has 1 atom stereocenters. The van der Waals surface area contributed by atoms with E-state index < -0.39 is 0 Å². The van der Waals surface area contributed by atoms with Gasteiger partial charge in [0, 0.05) is 17.6 Å². The van der Waals surface area contributed by atoms with Crippen molar-refractivity contribution >= 4 is 21.8 Å². The Morgan fingerprint density at radius 1 is 1.50 bits per heavy atom. The van der Waals surface area contributed by atoms with Crippen LogP contribution in [-0.2, 0) is 0 Å². The van der Waals surface area contributed by atoms with Gasteiger partial charge >= 0.3 is 0 Å². The molecule has 4 heteroatoms. The van der Waals surface area contributed by atoms with E-state index in [1.54, 1.807) is 18.3 Å². The highest BCUT2D eigenvalue weighted by Crippen LogP contribution is 2.11. The molecule has 0 saturated carbocycles. The minimum absolute atomic E-state index is 0.117. The monoisotopic (exact) mass is 284 g/mol. The van der Waals surface area contributed by atoms with Gasteiger partial charge in [0.25, 0.3) is 5.91 Å². The summed E-state index contributed by atoms with van der Waals surface area (Å²) in [5, 5.41) is 2.86. The number of carbonyl (C=O) groups is 1. The molecule has 88 valence electrons. The predicted molar refractivity (Wildman–Crippen MR) is 68.7 cm³/mol. The lowest BCUT2D eigenvalue weighted by atomic mass is 10.1. The quantitative estimate of drug-likeness (QED) is 0.845. The largest absolute Gasteiger partial charge is 0.350 e. The predicted octanol–water partition coefficient (Wildman–Crippen LogP) is 2.62. The number of carbonyl (C=O) groups excluding carboxylic acids is 1. The van der Waals surface area contributed by atoms with Crippen molar-refractivity contribution in [3.05, 3.63) is 30.1 Å². The van der Waals surface area contributed by atoms with Gasteiger partial charge in [0.1, 0.15) is 5.69 Å². The van der Waals surface area contributed by atoms with Gasteiger partial charge in [0.2, 0.25) is 0 Å². The van der Waals surface area contributed by atoms with E-state index in [0.29, 0.717) is 23.0 Å². The van der Waals surface area contributed by atoms with Crippen LogP contribution < -0.4 is 5.32 Å². The number of pyridine rings is 1. The van der Waals surface area contributed by atoms with Crippen molar-refractivity contribution in [2.45, 2.75) is 25.1 Å². The Labute approximate surface area is 105 Å². The number of nitrogens with one attached hydrogen (secondary N) is 1. The van der Waals surface area contributed by atoms with Crippen LogP contribution >= 0.6 is 15.9 Å². The Balaban J connectivity index is 2.36. The number of hydrogen-bond donors (Lipinski definition) is 1. The molecule has 0 aromatic carbocycles. The van der Waals surface area contributed by atoms with Gasteiger partial charge in [-0.2, -0.15) is 0 Å². The van der Waals surface area contributed by atoms with Crippen LogP contribution in [0.15, 0.2) is 24.4 Å². The summed E-state index contributed by atoms with van der Waals surface area (Å²) < 4.78 is 0. The lowest BCUT2D eigenvalue weighted by Gasteiger charge is -2.12. The van der Waals surface area contributed by atoms with Crippen LogP contribution in [-0.4, -0.2) is 22.3 Å². The second kappa shape index (κ2) is 6.63. The third kappa shape index (κ3) is 4.75. The Kier molecular flexibility index (Phi) is 5.46. The van der Waals surface area contributed by atoms with Gasteiger partial charge < -0.3 is 5.32 Å². The molecule has 0 bridgehead atoms. The summed E-state index contributed by atoms with van der Waals surface area (Å²) in [7, 11) is 0. The van der Waals surface area contributed by atoms with Gasteiger partial charge in [-0.1, -0.05) is 35.8 Å². The van der Waals surface area contributed by atoms with Crippen LogP contribution in [0.5, 0.6) is 0 Å². The zero-order valence-corrected chi connectivity index (χ0v) is 11.2. The van der Waals surface area contributed by atoms with Crippen LogP contribution in [0.1, 0.15) is 30.8 Å². The van der Waals surface area contributed by atoms with Crippen molar-refractivity contribution in [2.24, 2.45) is 5.92 Å². The highest BCUT2D eigenvalue weighted by atomic mass is 79.9. The first-order chi connectivity index (χ1) is 7.59. The molecule has 0 radical (unpaired) electrons. The van der Waals surface area contributed by atoms with Crippen LogP contribution in [0.4, 0.5) is 0 Å². The summed E-state index contributed by atoms with van der Waals surface area (Å²) in [5.41, 5.74) is 0.465. The van der Waals surface area contributed by atoms with Crippen LogP contribution in [0.2, 0.25) is 0 Å². The number of halogens is 1. The van der Waals surface area contributed by atoms with Crippen molar-refractivity contribution in [1.29, 1.82) is 0 Å². The third-order valence-electron chi connectivity index (χ3n) is 2.11. The molecule has 1 amide bonds. The summed E-state index contributed by atoms with van der Waals surface area (Å²) in [4.78, 5) is 16.0. The molecular formula is C12H17BrN2O. The second-order valence-corrected chi connectivity index (χ2v) is 5.45. The molecule has 0 aliphatic rings. The normalized spacial score (nSPS) is 12.5. The molecule has 3 nitrogen and oxygen atoms in total. The molecule has 1 aromatic rings. The molecule has 0 fully saturated rings. The fraction of sp³-hybridized carbons (Fsp3) is 0.500. The van der Waals surface area contributed by atoms with Crippen LogP contribution in [0.25, 0.3) is 0 Å². The molecule has 1 unspecified atom stereocenters. The van der Waals surface area contributed by atoms with E-state index >= 15 is 0 Å². The van der Waals surface area contributed by atoms with E-state index in [1.165, 1.54) is 0 Å². The van der Waals surface area contributed by atoms with Crippen LogP contribution in [0, 0.1) is 5.92 Å². The van der Waals surface area contributed by atoms with Gasteiger partial charge in [-0.3, -0.25) is 9.78 Å². The zero-order valence-electron chi connectivity index (χ0n) is 9.61.